The molecule has 116 valence electrons. The number of nitrogens with one attached hydrogen (secondary N) is 2. The molecule has 1 amide bonds. The maximum absolute atomic E-state index is 12.1. The van der Waals surface area contributed by atoms with Gasteiger partial charge < -0.3 is 4.74 Å². The smallest absolute Gasteiger partial charge is 0.266 e. The number of hydrogen-bond acceptors (Lipinski definition) is 4. The predicted octanol–water partition coefficient (Wildman–Crippen LogP) is 2.08. The van der Waals surface area contributed by atoms with Crippen molar-refractivity contribution in [3.63, 3.8) is 0 Å². The fourth-order valence-corrected chi connectivity index (χ4v) is 3.49. The van der Waals surface area contributed by atoms with E-state index in [-0.39, 0.29) is 4.90 Å². The van der Waals surface area contributed by atoms with Crippen LogP contribution in [0.1, 0.15) is 10.4 Å². The fourth-order valence-electron chi connectivity index (χ4n) is 1.65. The zero-order chi connectivity index (χ0) is 16.2. The Morgan fingerprint density at radius 3 is 2.32 bits per heavy atom. The van der Waals surface area contributed by atoms with Crippen LogP contribution in [0.3, 0.4) is 0 Å². The maximum atomic E-state index is 12.1. The zero-order valence-electron chi connectivity index (χ0n) is 11.5. The van der Waals surface area contributed by atoms with Crippen molar-refractivity contribution in [2.24, 2.45) is 0 Å². The standard InChI is InChI=1S/C14H13BrN2O4S/c1-21-11-8-6-10(7-9-11)14(18)16-17-22(19,20)13-5-3-2-4-12(13)15/h2-9,17H,1H3,(H,16,18). The summed E-state index contributed by atoms with van der Waals surface area (Å²) in [6.07, 6.45) is 0. The molecule has 0 saturated heterocycles. The molecule has 22 heavy (non-hydrogen) atoms. The quantitative estimate of drug-likeness (QED) is 0.772. The summed E-state index contributed by atoms with van der Waals surface area (Å²) in [4.78, 5) is 14.0. The lowest BCUT2D eigenvalue weighted by atomic mass is 10.2. The van der Waals surface area contributed by atoms with E-state index < -0.39 is 15.9 Å². The minimum absolute atomic E-state index is 0.0324. The van der Waals surface area contributed by atoms with Gasteiger partial charge in [-0.25, -0.2) is 8.42 Å². The van der Waals surface area contributed by atoms with E-state index in [2.05, 4.69) is 26.2 Å². The Labute approximate surface area is 136 Å². The van der Waals surface area contributed by atoms with Crippen LogP contribution < -0.4 is 15.0 Å². The summed E-state index contributed by atoms with van der Waals surface area (Å²) in [7, 11) is -2.35. The highest BCUT2D eigenvalue weighted by molar-refractivity contribution is 9.10. The first-order chi connectivity index (χ1) is 10.4. The van der Waals surface area contributed by atoms with E-state index in [1.54, 1.807) is 30.3 Å². The second-order valence-corrected chi connectivity index (χ2v) is 6.72. The molecule has 6 nitrogen and oxygen atoms in total. The third-order valence-electron chi connectivity index (χ3n) is 2.78. The molecule has 2 N–H and O–H groups in total. The van der Waals surface area contributed by atoms with Gasteiger partial charge in [0.2, 0.25) is 0 Å². The maximum Gasteiger partial charge on any atom is 0.266 e. The average Bonchev–Trinajstić information content (AvgIpc) is 2.53. The Kier molecular flexibility index (Phi) is 5.17. The van der Waals surface area contributed by atoms with Gasteiger partial charge in [0.1, 0.15) is 5.75 Å². The van der Waals surface area contributed by atoms with Crippen LogP contribution >= 0.6 is 15.9 Å². The number of methoxy groups -OCH3 is 1. The monoisotopic (exact) mass is 384 g/mol. The molecule has 0 aliphatic rings. The lowest BCUT2D eigenvalue weighted by Crippen LogP contribution is -2.41. The first-order valence-corrected chi connectivity index (χ1v) is 8.42. The average molecular weight is 385 g/mol. The van der Waals surface area contributed by atoms with Crippen molar-refractivity contribution in [3.8, 4) is 5.75 Å². The molecule has 0 radical (unpaired) electrons. The molecular formula is C14H13BrN2O4S. The zero-order valence-corrected chi connectivity index (χ0v) is 13.9. The van der Waals surface area contributed by atoms with Gasteiger partial charge in [-0.05, 0) is 52.3 Å². The lowest BCUT2D eigenvalue weighted by molar-refractivity contribution is 0.0945. The second kappa shape index (κ2) is 6.91. The molecule has 2 aromatic rings. The van der Waals surface area contributed by atoms with Crippen molar-refractivity contribution in [1.29, 1.82) is 0 Å². The predicted molar refractivity (Wildman–Crippen MR) is 84.9 cm³/mol. The Morgan fingerprint density at radius 1 is 1.09 bits per heavy atom. The summed E-state index contributed by atoms with van der Waals surface area (Å²) in [5, 5.41) is 0. The number of hydrazine groups is 1. The van der Waals surface area contributed by atoms with Crippen LogP contribution in [0.2, 0.25) is 0 Å². The highest BCUT2D eigenvalue weighted by atomic mass is 79.9. The van der Waals surface area contributed by atoms with Crippen molar-refractivity contribution in [1.82, 2.24) is 10.3 Å². The molecule has 8 heteroatoms. The molecule has 0 aromatic heterocycles. The van der Waals surface area contributed by atoms with Crippen LogP contribution in [-0.2, 0) is 10.0 Å². The number of benzene rings is 2. The van der Waals surface area contributed by atoms with Crippen molar-refractivity contribution < 1.29 is 17.9 Å². The van der Waals surface area contributed by atoms with Gasteiger partial charge in [-0.15, -0.1) is 4.83 Å². The van der Waals surface area contributed by atoms with Gasteiger partial charge >= 0.3 is 0 Å². The molecule has 2 rings (SSSR count). The van der Waals surface area contributed by atoms with Gasteiger partial charge in [-0.2, -0.15) is 0 Å². The number of ether oxygens (including phenoxy) is 1. The molecule has 0 atom stereocenters. The van der Waals surface area contributed by atoms with E-state index >= 15 is 0 Å². The Bertz CT molecular complexity index is 776. The first kappa shape index (κ1) is 16.5. The van der Waals surface area contributed by atoms with Crippen molar-refractivity contribution in [3.05, 3.63) is 58.6 Å². The van der Waals surface area contributed by atoms with Gasteiger partial charge in [0.25, 0.3) is 15.9 Å². The van der Waals surface area contributed by atoms with Crippen LogP contribution in [0.4, 0.5) is 0 Å². The van der Waals surface area contributed by atoms with E-state index in [0.29, 0.717) is 15.8 Å². The Hall–Kier alpha value is -1.90. The molecule has 0 fully saturated rings. The van der Waals surface area contributed by atoms with E-state index in [9.17, 15) is 13.2 Å². The van der Waals surface area contributed by atoms with E-state index in [4.69, 9.17) is 4.74 Å². The van der Waals surface area contributed by atoms with Gasteiger partial charge in [-0.1, -0.05) is 12.1 Å². The van der Waals surface area contributed by atoms with Crippen molar-refractivity contribution in [2.75, 3.05) is 7.11 Å². The van der Waals surface area contributed by atoms with Gasteiger partial charge in [0.05, 0.1) is 12.0 Å². The van der Waals surface area contributed by atoms with Crippen LogP contribution in [-0.4, -0.2) is 21.4 Å². The highest BCUT2D eigenvalue weighted by Crippen LogP contribution is 2.20. The molecule has 0 aliphatic carbocycles. The third-order valence-corrected chi connectivity index (χ3v) is 5.04. The summed E-state index contributed by atoms with van der Waals surface area (Å²) in [6, 6.07) is 12.6. The molecule has 0 heterocycles. The number of sulfonamides is 1. The lowest BCUT2D eigenvalue weighted by Gasteiger charge is -2.10. The molecule has 0 bridgehead atoms. The number of halogens is 1. The number of rotatable bonds is 5. The topological polar surface area (TPSA) is 84.5 Å². The number of hydrogen-bond donors (Lipinski definition) is 2. The highest BCUT2D eigenvalue weighted by Gasteiger charge is 2.18. The second-order valence-electron chi connectivity index (χ2n) is 4.22. The minimum Gasteiger partial charge on any atom is -0.497 e. The molecule has 2 aromatic carbocycles. The summed E-state index contributed by atoms with van der Waals surface area (Å²) in [5.74, 6) is 0.0311. The molecule has 0 spiro atoms. The summed E-state index contributed by atoms with van der Waals surface area (Å²) < 4.78 is 29.6. The van der Waals surface area contributed by atoms with E-state index in [0.717, 1.165) is 0 Å². The number of amides is 1. The van der Waals surface area contributed by atoms with Crippen molar-refractivity contribution >= 4 is 31.9 Å². The fraction of sp³-hybridized carbons (Fsp3) is 0.0714. The van der Waals surface area contributed by atoms with Crippen LogP contribution in [0.15, 0.2) is 57.9 Å². The molecule has 0 unspecified atom stereocenters. The van der Waals surface area contributed by atoms with Crippen molar-refractivity contribution in [2.45, 2.75) is 4.90 Å². The van der Waals surface area contributed by atoms with E-state index in [1.165, 1.54) is 25.3 Å². The van der Waals surface area contributed by atoms with Crippen LogP contribution in [0.5, 0.6) is 5.75 Å². The molecule has 0 aliphatic heterocycles. The summed E-state index contributed by atoms with van der Waals surface area (Å²) in [5.41, 5.74) is 2.47. The SMILES string of the molecule is COc1ccc(C(=O)NNS(=O)(=O)c2ccccc2Br)cc1. The minimum atomic E-state index is -3.86. The largest absolute Gasteiger partial charge is 0.497 e. The first-order valence-electron chi connectivity index (χ1n) is 6.15. The third kappa shape index (κ3) is 3.85. The van der Waals surface area contributed by atoms with E-state index in [1.807, 2.05) is 0 Å². The number of carbonyl (C=O) groups excluding carboxylic acids is 1. The Balaban J connectivity index is 2.08. The van der Waals surface area contributed by atoms with Gasteiger partial charge in [0, 0.05) is 10.0 Å². The normalized spacial score (nSPS) is 11.0. The summed E-state index contributed by atoms with van der Waals surface area (Å²) in [6.45, 7) is 0. The van der Waals surface area contributed by atoms with Crippen LogP contribution in [0, 0.1) is 0 Å². The van der Waals surface area contributed by atoms with Crippen LogP contribution in [0.25, 0.3) is 0 Å². The van der Waals surface area contributed by atoms with Gasteiger partial charge in [-0.3, -0.25) is 10.2 Å². The molecular weight excluding hydrogens is 372 g/mol. The summed E-state index contributed by atoms with van der Waals surface area (Å²) >= 11 is 3.15. The Morgan fingerprint density at radius 2 is 1.73 bits per heavy atom. The molecule has 0 saturated carbocycles. The van der Waals surface area contributed by atoms with Gasteiger partial charge in [0.15, 0.2) is 0 Å². The number of carbonyl (C=O) groups is 1.